The number of alkyl halides is 3. The number of carboxylic acid groups (broad SMARTS) is 1. The summed E-state index contributed by atoms with van der Waals surface area (Å²) in [4.78, 5) is 43.2. The van der Waals surface area contributed by atoms with E-state index < -0.39 is 24.0 Å². The number of nitrogens with zero attached hydrogens (tertiary/aromatic N) is 5. The summed E-state index contributed by atoms with van der Waals surface area (Å²) in [5.41, 5.74) is 2.70. The molecule has 0 spiro atoms. The van der Waals surface area contributed by atoms with Crippen molar-refractivity contribution in [2.75, 3.05) is 5.32 Å². The van der Waals surface area contributed by atoms with Gasteiger partial charge in [-0.25, -0.2) is 29.1 Å². The smallest absolute Gasteiger partial charge is 0.475 e. The molecule has 4 heterocycles. The van der Waals surface area contributed by atoms with Crippen molar-refractivity contribution in [2.24, 2.45) is 0 Å². The molecule has 198 valence electrons. The number of nitrogens with one attached hydrogen (secondary N) is 2. The van der Waals surface area contributed by atoms with Crippen LogP contribution >= 0.6 is 22.9 Å². The van der Waals surface area contributed by atoms with Crippen LogP contribution in [0.3, 0.4) is 0 Å². The minimum Gasteiger partial charge on any atom is -0.475 e. The Labute approximate surface area is 219 Å². The Morgan fingerprint density at radius 2 is 1.95 bits per heavy atom. The second kappa shape index (κ2) is 10.3. The van der Waals surface area contributed by atoms with Crippen molar-refractivity contribution in [1.82, 2.24) is 29.3 Å². The molecule has 0 aliphatic carbocycles. The first kappa shape index (κ1) is 26.9. The van der Waals surface area contributed by atoms with E-state index in [1.165, 1.54) is 40.5 Å². The number of benzene rings is 1. The maximum absolute atomic E-state index is 14.1. The lowest BCUT2D eigenvalue weighted by Gasteiger charge is -2.18. The van der Waals surface area contributed by atoms with Crippen molar-refractivity contribution in [3.63, 3.8) is 0 Å². The van der Waals surface area contributed by atoms with Gasteiger partial charge in [0, 0.05) is 16.1 Å². The van der Waals surface area contributed by atoms with Gasteiger partial charge in [-0.3, -0.25) is 9.20 Å². The molecule has 0 saturated carbocycles. The number of H-pyrrole nitrogens is 1. The van der Waals surface area contributed by atoms with Crippen molar-refractivity contribution < 1.29 is 27.5 Å². The Bertz CT molecular complexity index is 1700. The minimum atomic E-state index is -5.08. The molecule has 0 amide bonds. The van der Waals surface area contributed by atoms with Crippen LogP contribution in [0.2, 0.25) is 5.02 Å². The first-order chi connectivity index (χ1) is 17.9. The van der Waals surface area contributed by atoms with Gasteiger partial charge < -0.3 is 15.4 Å². The molecule has 0 bridgehead atoms. The van der Waals surface area contributed by atoms with Crippen molar-refractivity contribution in [1.29, 1.82) is 0 Å². The zero-order valence-electron chi connectivity index (χ0n) is 19.3. The normalized spacial score (nSPS) is 12.3. The third-order valence-corrected chi connectivity index (χ3v) is 6.31. The summed E-state index contributed by atoms with van der Waals surface area (Å²) in [6.45, 7) is 3.68. The molecule has 38 heavy (non-hydrogen) atoms. The number of imidazole rings is 1. The molecule has 4 aromatic heterocycles. The molecule has 10 nitrogen and oxygen atoms in total. The summed E-state index contributed by atoms with van der Waals surface area (Å²) < 4.78 is 47.4. The third kappa shape index (κ3) is 5.43. The second-order valence-corrected chi connectivity index (χ2v) is 9.10. The van der Waals surface area contributed by atoms with Crippen molar-refractivity contribution in [3.05, 3.63) is 68.8 Å². The molecule has 5 rings (SSSR count). The van der Waals surface area contributed by atoms with Gasteiger partial charge in [0.15, 0.2) is 16.4 Å². The molecule has 0 saturated heterocycles. The topological polar surface area (TPSA) is 138 Å². The van der Waals surface area contributed by atoms with Gasteiger partial charge in [-0.05, 0) is 37.6 Å². The minimum absolute atomic E-state index is 0.197. The molecule has 1 atom stereocenters. The van der Waals surface area contributed by atoms with E-state index in [2.05, 4.69) is 25.3 Å². The fourth-order valence-corrected chi connectivity index (χ4v) is 4.62. The van der Waals surface area contributed by atoms with Gasteiger partial charge in [0.05, 0.1) is 23.6 Å². The summed E-state index contributed by atoms with van der Waals surface area (Å²) >= 11 is 7.45. The van der Waals surface area contributed by atoms with Crippen LogP contribution in [0.4, 0.5) is 23.4 Å². The average Bonchev–Trinajstić information content (AvgIpc) is 3.45. The number of fused-ring (bicyclic) bond motifs is 2. The monoisotopic (exact) mass is 569 g/mol. The Morgan fingerprint density at radius 1 is 1.24 bits per heavy atom. The SMILES string of the molecule is Cc1csc2nc(C(C)Nc3ncnc4nc[nH]c34)c(-c3cc(F)cc(Cl)c3)c(=O)n12.O=C(O)C(F)(F)F. The molecule has 16 heteroatoms. The van der Waals surface area contributed by atoms with E-state index in [0.717, 1.165) is 5.69 Å². The third-order valence-electron chi connectivity index (χ3n) is 5.15. The summed E-state index contributed by atoms with van der Waals surface area (Å²) in [5, 5.41) is 12.4. The lowest BCUT2D eigenvalue weighted by Crippen LogP contribution is -2.23. The number of thiazole rings is 1. The van der Waals surface area contributed by atoms with E-state index >= 15 is 0 Å². The predicted molar refractivity (Wildman–Crippen MR) is 132 cm³/mol. The molecular weight excluding hydrogens is 554 g/mol. The van der Waals surface area contributed by atoms with E-state index in [0.29, 0.717) is 33.2 Å². The summed E-state index contributed by atoms with van der Waals surface area (Å²) in [5.74, 6) is -2.77. The molecule has 0 aliphatic heterocycles. The summed E-state index contributed by atoms with van der Waals surface area (Å²) in [6, 6.07) is 3.60. The molecular formula is C22H16ClF4N7O3S. The van der Waals surface area contributed by atoms with E-state index in [-0.39, 0.29) is 16.1 Å². The van der Waals surface area contributed by atoms with Crippen LogP contribution in [0.15, 0.2) is 41.0 Å². The lowest BCUT2D eigenvalue weighted by atomic mass is 10.0. The highest BCUT2D eigenvalue weighted by atomic mass is 35.5. The standard InChI is InChI=1S/C20H15ClFN7OS.C2HF3O2/c1-9-6-31-20-28-15(10(2)27-18-16-17(24-7-23-16)25-8-26-18)14(19(30)29(9)20)11-3-12(21)5-13(22)4-11;3-2(4,5)1(6)7/h3-8,10H,1-2H3,(H2,23,24,25,26,27);(H,6,7). The Hall–Kier alpha value is -4.11. The maximum Gasteiger partial charge on any atom is 0.490 e. The quantitative estimate of drug-likeness (QED) is 0.257. The lowest BCUT2D eigenvalue weighted by molar-refractivity contribution is -0.192. The van der Waals surface area contributed by atoms with Crippen LogP contribution < -0.4 is 10.9 Å². The number of hydrogen-bond donors (Lipinski definition) is 3. The maximum atomic E-state index is 14.1. The molecule has 0 fully saturated rings. The van der Waals surface area contributed by atoms with Crippen LogP contribution in [0, 0.1) is 12.7 Å². The number of hydrogen-bond acceptors (Lipinski definition) is 8. The van der Waals surface area contributed by atoms with Gasteiger partial charge in [-0.2, -0.15) is 13.2 Å². The van der Waals surface area contributed by atoms with E-state index in [1.807, 2.05) is 19.2 Å². The number of anilines is 1. The second-order valence-electron chi connectivity index (χ2n) is 7.82. The van der Waals surface area contributed by atoms with Crippen molar-refractivity contribution in [3.8, 4) is 11.1 Å². The average molecular weight is 570 g/mol. The number of carboxylic acids is 1. The molecule has 0 radical (unpaired) electrons. The van der Waals surface area contributed by atoms with Gasteiger partial charge >= 0.3 is 12.1 Å². The van der Waals surface area contributed by atoms with Crippen molar-refractivity contribution >= 4 is 50.8 Å². The number of aryl methyl sites for hydroxylation is 1. The van der Waals surface area contributed by atoms with E-state index in [1.54, 1.807) is 6.07 Å². The van der Waals surface area contributed by atoms with Crippen LogP contribution in [-0.2, 0) is 4.79 Å². The van der Waals surface area contributed by atoms with Crippen molar-refractivity contribution in [2.45, 2.75) is 26.1 Å². The predicted octanol–water partition coefficient (Wildman–Crippen LogP) is 5.00. The fraction of sp³-hybridized carbons (Fsp3) is 0.182. The molecule has 5 aromatic rings. The number of aromatic amines is 1. The largest absolute Gasteiger partial charge is 0.490 e. The van der Waals surface area contributed by atoms with Gasteiger partial charge in [-0.1, -0.05) is 11.6 Å². The highest BCUT2D eigenvalue weighted by Crippen LogP contribution is 2.31. The highest BCUT2D eigenvalue weighted by molar-refractivity contribution is 7.15. The number of halogens is 5. The molecule has 3 N–H and O–H groups in total. The van der Waals surface area contributed by atoms with Gasteiger partial charge in [0.1, 0.15) is 17.7 Å². The van der Waals surface area contributed by atoms with Crippen LogP contribution in [-0.4, -0.2) is 46.6 Å². The number of carbonyl (C=O) groups is 1. The van der Waals surface area contributed by atoms with Gasteiger partial charge in [0.25, 0.3) is 5.56 Å². The zero-order valence-corrected chi connectivity index (χ0v) is 20.9. The number of rotatable bonds is 4. The van der Waals surface area contributed by atoms with E-state index in [9.17, 15) is 22.4 Å². The number of aliphatic carboxylic acids is 1. The first-order valence-corrected chi connectivity index (χ1v) is 11.8. The van der Waals surface area contributed by atoms with Gasteiger partial charge in [0.2, 0.25) is 0 Å². The summed E-state index contributed by atoms with van der Waals surface area (Å²) in [7, 11) is 0. The fourth-order valence-electron chi connectivity index (χ4n) is 3.53. The Morgan fingerprint density at radius 3 is 2.61 bits per heavy atom. The van der Waals surface area contributed by atoms with Crippen LogP contribution in [0.5, 0.6) is 0 Å². The highest BCUT2D eigenvalue weighted by Gasteiger charge is 2.38. The molecule has 1 aromatic carbocycles. The van der Waals surface area contributed by atoms with Crippen LogP contribution in [0.25, 0.3) is 27.3 Å². The van der Waals surface area contributed by atoms with E-state index in [4.69, 9.17) is 26.5 Å². The Kier molecular flexibility index (Phi) is 7.33. The van der Waals surface area contributed by atoms with Crippen LogP contribution in [0.1, 0.15) is 24.4 Å². The summed E-state index contributed by atoms with van der Waals surface area (Å²) in [6.07, 6.45) is -2.15. The molecule has 0 aliphatic rings. The first-order valence-electron chi connectivity index (χ1n) is 10.5. The Balaban J connectivity index is 0.000000426. The zero-order chi connectivity index (χ0) is 27.8. The van der Waals surface area contributed by atoms with Gasteiger partial charge in [-0.15, -0.1) is 11.3 Å². The molecule has 1 unspecified atom stereocenters. The number of aromatic nitrogens is 6.